The summed E-state index contributed by atoms with van der Waals surface area (Å²) in [5.74, 6) is 0.261. The predicted octanol–water partition coefficient (Wildman–Crippen LogP) is 2.67. The molecule has 2 aromatic carbocycles. The Balaban J connectivity index is 1.38. The van der Waals surface area contributed by atoms with E-state index in [4.69, 9.17) is 19.5 Å². The molecule has 0 atom stereocenters. The van der Waals surface area contributed by atoms with E-state index in [0.717, 1.165) is 18.4 Å². The first-order valence-electron chi connectivity index (χ1n) is 11.5. The summed E-state index contributed by atoms with van der Waals surface area (Å²) in [5, 5.41) is 15.6. The van der Waals surface area contributed by atoms with Crippen molar-refractivity contribution in [3.8, 4) is 11.8 Å². The van der Waals surface area contributed by atoms with Crippen LogP contribution < -0.4 is 15.4 Å². The number of methoxy groups -OCH3 is 1. The van der Waals surface area contributed by atoms with Crippen molar-refractivity contribution in [3.05, 3.63) is 65.2 Å². The molecule has 1 aliphatic carbocycles. The smallest absolute Gasteiger partial charge is 0.337 e. The minimum atomic E-state index is -0.728. The highest BCUT2D eigenvalue weighted by atomic mass is 16.5. The molecular formula is C26H29N3O5. The van der Waals surface area contributed by atoms with Crippen molar-refractivity contribution in [2.24, 2.45) is 0 Å². The van der Waals surface area contributed by atoms with Gasteiger partial charge in [0.1, 0.15) is 17.9 Å². The molecule has 1 aliphatic heterocycles. The molecule has 4 rings (SSSR count). The van der Waals surface area contributed by atoms with E-state index in [1.807, 2.05) is 12.1 Å². The molecule has 8 heteroatoms. The van der Waals surface area contributed by atoms with Crippen molar-refractivity contribution in [3.63, 3.8) is 0 Å². The quantitative estimate of drug-likeness (QED) is 0.435. The SMILES string of the molecule is COC(=O)c1ccc(C2(NC(=O)C3(NCCOc4ccc(C#N)cc4)CCOCC3)CC2)cc1. The maximum atomic E-state index is 13.5. The monoisotopic (exact) mass is 463 g/mol. The summed E-state index contributed by atoms with van der Waals surface area (Å²) in [4.78, 5) is 25.3. The van der Waals surface area contributed by atoms with Gasteiger partial charge in [0.2, 0.25) is 5.91 Å². The average molecular weight is 464 g/mol. The highest BCUT2D eigenvalue weighted by Crippen LogP contribution is 2.46. The molecule has 178 valence electrons. The topological polar surface area (TPSA) is 110 Å². The summed E-state index contributed by atoms with van der Waals surface area (Å²) in [7, 11) is 1.36. The number of nitriles is 1. The lowest BCUT2D eigenvalue weighted by molar-refractivity contribution is -0.133. The van der Waals surface area contributed by atoms with Crippen LogP contribution in [-0.4, -0.2) is 50.9 Å². The van der Waals surface area contributed by atoms with E-state index in [9.17, 15) is 9.59 Å². The van der Waals surface area contributed by atoms with Gasteiger partial charge in [0.25, 0.3) is 0 Å². The van der Waals surface area contributed by atoms with E-state index in [1.165, 1.54) is 7.11 Å². The Morgan fingerprint density at radius 3 is 2.29 bits per heavy atom. The van der Waals surface area contributed by atoms with Crippen molar-refractivity contribution in [2.45, 2.75) is 36.8 Å². The molecule has 2 aliphatic rings. The third kappa shape index (κ3) is 5.22. The Bertz CT molecular complexity index is 1050. The molecule has 2 aromatic rings. The van der Waals surface area contributed by atoms with E-state index in [1.54, 1.807) is 36.4 Å². The van der Waals surface area contributed by atoms with Crippen molar-refractivity contribution in [1.82, 2.24) is 10.6 Å². The lowest BCUT2D eigenvalue weighted by Gasteiger charge is -2.38. The first-order valence-corrected chi connectivity index (χ1v) is 11.5. The molecule has 0 bridgehead atoms. The molecule has 1 heterocycles. The molecule has 0 spiro atoms. The molecule has 0 unspecified atom stereocenters. The van der Waals surface area contributed by atoms with E-state index in [0.29, 0.717) is 56.1 Å². The van der Waals surface area contributed by atoms with Gasteiger partial charge in [-0.1, -0.05) is 12.1 Å². The first-order chi connectivity index (χ1) is 16.5. The summed E-state index contributed by atoms with van der Waals surface area (Å²) in [6.45, 7) is 1.91. The second-order valence-electron chi connectivity index (χ2n) is 8.71. The summed E-state index contributed by atoms with van der Waals surface area (Å²) < 4.78 is 16.1. The number of hydrogen-bond donors (Lipinski definition) is 2. The number of hydrogen-bond acceptors (Lipinski definition) is 7. The van der Waals surface area contributed by atoms with Crippen LogP contribution in [0.15, 0.2) is 48.5 Å². The van der Waals surface area contributed by atoms with Crippen LogP contribution in [0.1, 0.15) is 47.2 Å². The summed E-state index contributed by atoms with van der Waals surface area (Å²) in [6, 6.07) is 16.3. The van der Waals surface area contributed by atoms with Gasteiger partial charge >= 0.3 is 5.97 Å². The molecule has 1 saturated heterocycles. The fourth-order valence-electron chi connectivity index (χ4n) is 4.28. The second-order valence-corrected chi connectivity index (χ2v) is 8.71. The van der Waals surface area contributed by atoms with E-state index in [2.05, 4.69) is 16.7 Å². The van der Waals surface area contributed by atoms with Gasteiger partial charge in [-0.2, -0.15) is 5.26 Å². The summed E-state index contributed by atoms with van der Waals surface area (Å²) in [5.41, 5.74) is 0.918. The number of benzene rings is 2. The van der Waals surface area contributed by atoms with Crippen LogP contribution >= 0.6 is 0 Å². The zero-order valence-corrected chi connectivity index (χ0v) is 19.3. The third-order valence-corrected chi connectivity index (χ3v) is 6.56. The van der Waals surface area contributed by atoms with E-state index < -0.39 is 11.1 Å². The van der Waals surface area contributed by atoms with Crippen molar-refractivity contribution < 1.29 is 23.8 Å². The zero-order chi connectivity index (χ0) is 24.0. The Morgan fingerprint density at radius 2 is 1.71 bits per heavy atom. The highest BCUT2D eigenvalue weighted by Gasteiger charge is 2.50. The fraction of sp³-hybridized carbons (Fsp3) is 0.423. The molecule has 0 aromatic heterocycles. The van der Waals surface area contributed by atoms with Gasteiger partial charge < -0.3 is 19.5 Å². The van der Waals surface area contributed by atoms with Crippen LogP contribution in [0, 0.1) is 11.3 Å². The Kier molecular flexibility index (Phi) is 7.15. The van der Waals surface area contributed by atoms with Gasteiger partial charge in [-0.3, -0.25) is 10.1 Å². The van der Waals surface area contributed by atoms with Crippen LogP contribution in [0.25, 0.3) is 0 Å². The largest absolute Gasteiger partial charge is 0.492 e. The van der Waals surface area contributed by atoms with E-state index >= 15 is 0 Å². The summed E-state index contributed by atoms with van der Waals surface area (Å²) >= 11 is 0. The van der Waals surface area contributed by atoms with Crippen molar-refractivity contribution in [1.29, 1.82) is 5.26 Å². The van der Waals surface area contributed by atoms with Crippen LogP contribution in [0.2, 0.25) is 0 Å². The predicted molar refractivity (Wildman–Crippen MR) is 124 cm³/mol. The first kappa shape index (κ1) is 23.7. The van der Waals surface area contributed by atoms with Gasteiger partial charge in [-0.25, -0.2) is 4.79 Å². The zero-order valence-electron chi connectivity index (χ0n) is 19.3. The molecule has 2 fully saturated rings. The second kappa shape index (κ2) is 10.2. The van der Waals surface area contributed by atoms with E-state index in [-0.39, 0.29) is 11.9 Å². The van der Waals surface area contributed by atoms with Gasteiger partial charge in [0.05, 0.1) is 29.8 Å². The molecule has 8 nitrogen and oxygen atoms in total. The van der Waals surface area contributed by atoms with Crippen LogP contribution in [0.3, 0.4) is 0 Å². The van der Waals surface area contributed by atoms with Gasteiger partial charge in [0.15, 0.2) is 0 Å². The van der Waals surface area contributed by atoms with Gasteiger partial charge in [0, 0.05) is 19.8 Å². The van der Waals surface area contributed by atoms with Gasteiger partial charge in [-0.05, 0) is 67.6 Å². The molecular weight excluding hydrogens is 434 g/mol. The normalized spacial score (nSPS) is 17.8. The number of carbonyl (C=O) groups excluding carboxylic acids is 2. The van der Waals surface area contributed by atoms with Crippen LogP contribution in [0.5, 0.6) is 5.75 Å². The minimum Gasteiger partial charge on any atom is -0.492 e. The third-order valence-electron chi connectivity index (χ3n) is 6.56. The van der Waals surface area contributed by atoms with Crippen molar-refractivity contribution in [2.75, 3.05) is 33.5 Å². The number of nitrogens with zero attached hydrogens (tertiary/aromatic N) is 1. The summed E-state index contributed by atoms with van der Waals surface area (Å²) in [6.07, 6.45) is 2.86. The maximum absolute atomic E-state index is 13.5. The maximum Gasteiger partial charge on any atom is 0.337 e. The van der Waals surface area contributed by atoms with Gasteiger partial charge in [-0.15, -0.1) is 0 Å². The molecule has 1 saturated carbocycles. The number of nitrogens with one attached hydrogen (secondary N) is 2. The number of rotatable bonds is 9. The molecule has 2 N–H and O–H groups in total. The molecule has 1 amide bonds. The van der Waals surface area contributed by atoms with Crippen molar-refractivity contribution >= 4 is 11.9 Å². The lowest BCUT2D eigenvalue weighted by Crippen LogP contribution is -2.61. The lowest BCUT2D eigenvalue weighted by atomic mass is 9.88. The molecule has 0 radical (unpaired) electrons. The van der Waals surface area contributed by atoms with Crippen LogP contribution in [0.4, 0.5) is 0 Å². The molecule has 34 heavy (non-hydrogen) atoms. The average Bonchev–Trinajstić information content (AvgIpc) is 3.67. The standard InChI is InChI=1S/C26H29N3O5/c1-32-23(30)20-4-6-21(7-5-20)25(10-11-25)29-24(31)26(12-15-33-16-13-26)28-14-17-34-22-8-2-19(18-27)3-9-22/h2-9,28H,10-17H2,1H3,(H,29,31). The Labute approximate surface area is 199 Å². The van der Waals surface area contributed by atoms with Crippen LogP contribution in [-0.2, 0) is 19.8 Å². The number of esters is 1. The minimum absolute atomic E-state index is 0.0382. The highest BCUT2D eigenvalue weighted by molar-refractivity contribution is 5.89. The number of carbonyl (C=O) groups is 2. The number of amides is 1. The fourth-order valence-corrected chi connectivity index (χ4v) is 4.28. The Morgan fingerprint density at radius 1 is 1.03 bits per heavy atom. The Hall–Kier alpha value is -3.41. The number of ether oxygens (including phenoxy) is 3.